The topological polar surface area (TPSA) is 60.3 Å². The average Bonchev–Trinajstić information content (AvgIpc) is 2.76. The van der Waals surface area contributed by atoms with Gasteiger partial charge >= 0.3 is 0 Å². The normalized spacial score (nSPS) is 11.6. The molecule has 0 aliphatic carbocycles. The van der Waals surface area contributed by atoms with E-state index in [2.05, 4.69) is 9.71 Å². The maximum absolute atomic E-state index is 11.8. The van der Waals surface area contributed by atoms with Crippen molar-refractivity contribution in [1.29, 1.82) is 0 Å². The molecule has 2 aromatic rings. The Morgan fingerprint density at radius 1 is 1.29 bits per heavy atom. The van der Waals surface area contributed by atoms with Crippen LogP contribution in [0.15, 0.2) is 40.7 Å². The fourth-order valence-corrected chi connectivity index (χ4v) is 3.76. The van der Waals surface area contributed by atoms with Gasteiger partial charge in [-0.2, -0.15) is 4.72 Å². The van der Waals surface area contributed by atoms with Gasteiger partial charge in [0.2, 0.25) is 0 Å². The Kier molecular flexibility index (Phi) is 3.78. The molecule has 2 aromatic heterocycles. The molecule has 0 aliphatic rings. The van der Waals surface area contributed by atoms with Gasteiger partial charge < -0.3 is 0 Å². The van der Waals surface area contributed by atoms with Crippen LogP contribution in [-0.2, 0) is 16.6 Å². The van der Waals surface area contributed by atoms with Crippen molar-refractivity contribution >= 4 is 33.0 Å². The van der Waals surface area contributed by atoms with Crippen molar-refractivity contribution in [3.8, 4) is 0 Å². The summed E-state index contributed by atoms with van der Waals surface area (Å²) in [6, 6.07) is 8.53. The van der Waals surface area contributed by atoms with Crippen molar-refractivity contribution in [2.24, 2.45) is 0 Å². The molecule has 0 atom stereocenters. The molecular formula is C10H10ClN2O2S2+. The summed E-state index contributed by atoms with van der Waals surface area (Å²) in [7, 11) is -3.47. The van der Waals surface area contributed by atoms with E-state index in [9.17, 15) is 8.42 Å². The largest absolute Gasteiger partial charge is 0.250 e. The molecule has 17 heavy (non-hydrogen) atoms. The minimum Gasteiger partial charge on any atom is -0.214 e. The van der Waals surface area contributed by atoms with Crippen LogP contribution in [0.1, 0.15) is 5.69 Å². The summed E-state index contributed by atoms with van der Waals surface area (Å²) in [5.74, 6) is 0. The standard InChI is InChI=1S/C10H9ClN2O2S2/c11-9-4-5-10(16-9)17(14,15)13-7-8-3-1-2-6-12-8/h1-6,13H,7H2/p+1. The second-order valence-electron chi connectivity index (χ2n) is 3.27. The number of H-pyrrole nitrogens is 1. The number of hydrogen-bond donors (Lipinski definition) is 1. The number of thiophene rings is 1. The minimum absolute atomic E-state index is 0.221. The molecule has 0 aliphatic heterocycles. The van der Waals surface area contributed by atoms with Gasteiger partial charge in [0.15, 0.2) is 11.9 Å². The second-order valence-corrected chi connectivity index (χ2v) is 6.98. The van der Waals surface area contributed by atoms with Gasteiger partial charge in [0, 0.05) is 12.1 Å². The molecule has 2 heterocycles. The van der Waals surface area contributed by atoms with Gasteiger partial charge in [-0.25, -0.2) is 13.4 Å². The molecule has 0 saturated carbocycles. The zero-order chi connectivity index (χ0) is 12.3. The van der Waals surface area contributed by atoms with E-state index in [1.54, 1.807) is 12.3 Å². The summed E-state index contributed by atoms with van der Waals surface area (Å²) < 4.78 is 26.9. The lowest BCUT2D eigenvalue weighted by Gasteiger charge is -2.01. The van der Waals surface area contributed by atoms with Crippen LogP contribution in [0.4, 0.5) is 0 Å². The molecular weight excluding hydrogens is 280 g/mol. The summed E-state index contributed by atoms with van der Waals surface area (Å²) in [5.41, 5.74) is 0.790. The highest BCUT2D eigenvalue weighted by Gasteiger charge is 2.17. The molecule has 0 aromatic carbocycles. The maximum Gasteiger partial charge on any atom is 0.250 e. The van der Waals surface area contributed by atoms with E-state index in [1.807, 2.05) is 18.2 Å². The van der Waals surface area contributed by atoms with Gasteiger partial charge in [0.1, 0.15) is 4.21 Å². The van der Waals surface area contributed by atoms with Crippen LogP contribution in [0.3, 0.4) is 0 Å². The molecule has 0 spiro atoms. The summed E-state index contributed by atoms with van der Waals surface area (Å²) >= 11 is 6.74. The van der Waals surface area contributed by atoms with Crippen LogP contribution < -0.4 is 9.71 Å². The summed E-state index contributed by atoms with van der Waals surface area (Å²) in [4.78, 5) is 2.95. The predicted molar refractivity (Wildman–Crippen MR) is 66.4 cm³/mol. The van der Waals surface area contributed by atoms with Gasteiger partial charge in [-0.05, 0) is 12.1 Å². The number of hydrogen-bond acceptors (Lipinski definition) is 3. The Balaban J connectivity index is 2.09. The molecule has 2 rings (SSSR count). The quantitative estimate of drug-likeness (QED) is 0.931. The number of rotatable bonds is 4. The van der Waals surface area contributed by atoms with E-state index in [4.69, 9.17) is 11.6 Å². The van der Waals surface area contributed by atoms with Crippen molar-refractivity contribution in [2.45, 2.75) is 10.8 Å². The Morgan fingerprint density at radius 2 is 2.12 bits per heavy atom. The van der Waals surface area contributed by atoms with E-state index in [-0.39, 0.29) is 10.8 Å². The van der Waals surface area contributed by atoms with Crippen molar-refractivity contribution in [3.63, 3.8) is 0 Å². The van der Waals surface area contributed by atoms with Gasteiger partial charge in [-0.3, -0.25) is 0 Å². The van der Waals surface area contributed by atoms with E-state index < -0.39 is 10.0 Å². The highest BCUT2D eigenvalue weighted by atomic mass is 35.5. The lowest BCUT2D eigenvalue weighted by Crippen LogP contribution is -2.26. The molecule has 2 N–H and O–H groups in total. The van der Waals surface area contributed by atoms with E-state index in [0.717, 1.165) is 17.0 Å². The third kappa shape index (κ3) is 3.26. The second kappa shape index (κ2) is 5.14. The number of aromatic amines is 1. The van der Waals surface area contributed by atoms with Crippen LogP contribution in [0, 0.1) is 0 Å². The SMILES string of the molecule is O=S(=O)(NCc1cccc[nH+]1)c1ccc(Cl)s1. The van der Waals surface area contributed by atoms with Gasteiger partial charge in [0.25, 0.3) is 10.0 Å². The summed E-state index contributed by atoms with van der Waals surface area (Å²) in [6.45, 7) is 0.221. The highest BCUT2D eigenvalue weighted by molar-refractivity contribution is 7.91. The zero-order valence-electron chi connectivity index (χ0n) is 8.68. The van der Waals surface area contributed by atoms with Crippen LogP contribution in [-0.4, -0.2) is 8.42 Å². The molecule has 90 valence electrons. The number of aromatic nitrogens is 1. The molecule has 0 radical (unpaired) electrons. The van der Waals surface area contributed by atoms with Crippen LogP contribution >= 0.6 is 22.9 Å². The maximum atomic E-state index is 11.8. The first-order valence-electron chi connectivity index (χ1n) is 4.78. The monoisotopic (exact) mass is 289 g/mol. The fourth-order valence-electron chi connectivity index (χ4n) is 1.23. The van der Waals surface area contributed by atoms with Crippen molar-refractivity contribution in [1.82, 2.24) is 4.72 Å². The third-order valence-corrected chi connectivity index (χ3v) is 5.16. The van der Waals surface area contributed by atoms with Crippen molar-refractivity contribution in [3.05, 3.63) is 46.6 Å². The van der Waals surface area contributed by atoms with E-state index in [0.29, 0.717) is 4.34 Å². The van der Waals surface area contributed by atoms with E-state index >= 15 is 0 Å². The zero-order valence-corrected chi connectivity index (χ0v) is 11.1. The fraction of sp³-hybridized carbons (Fsp3) is 0.100. The minimum atomic E-state index is -3.47. The number of halogens is 1. The predicted octanol–water partition coefficient (Wildman–Crippen LogP) is 1.69. The van der Waals surface area contributed by atoms with Crippen LogP contribution in [0.25, 0.3) is 0 Å². The van der Waals surface area contributed by atoms with Gasteiger partial charge in [-0.15, -0.1) is 11.3 Å². The van der Waals surface area contributed by atoms with E-state index in [1.165, 1.54) is 6.07 Å². The first-order chi connectivity index (χ1) is 8.08. The Bertz CT molecular complexity index is 596. The van der Waals surface area contributed by atoms with Crippen molar-refractivity contribution < 1.29 is 13.4 Å². The number of nitrogens with one attached hydrogen (secondary N) is 2. The molecule has 7 heteroatoms. The number of sulfonamides is 1. The smallest absolute Gasteiger partial charge is 0.214 e. The summed E-state index contributed by atoms with van der Waals surface area (Å²) in [5, 5.41) is 0. The van der Waals surface area contributed by atoms with Crippen LogP contribution in [0.5, 0.6) is 0 Å². The summed E-state index contributed by atoms with van der Waals surface area (Å²) in [6.07, 6.45) is 1.74. The highest BCUT2D eigenvalue weighted by Crippen LogP contribution is 2.25. The first-order valence-corrected chi connectivity index (χ1v) is 7.46. The molecule has 4 nitrogen and oxygen atoms in total. The lowest BCUT2D eigenvalue weighted by atomic mass is 10.4. The Labute approximate surface area is 108 Å². The van der Waals surface area contributed by atoms with Gasteiger partial charge in [0.05, 0.1) is 10.9 Å². The third-order valence-electron chi connectivity index (χ3n) is 2.04. The molecule has 0 fully saturated rings. The lowest BCUT2D eigenvalue weighted by molar-refractivity contribution is -0.390. The average molecular weight is 290 g/mol. The Morgan fingerprint density at radius 3 is 2.71 bits per heavy atom. The molecule has 0 amide bonds. The van der Waals surface area contributed by atoms with Crippen LogP contribution in [0.2, 0.25) is 4.34 Å². The molecule has 0 bridgehead atoms. The molecule has 0 unspecified atom stereocenters. The van der Waals surface area contributed by atoms with Crippen molar-refractivity contribution in [2.75, 3.05) is 0 Å². The molecule has 0 saturated heterocycles. The first kappa shape index (κ1) is 12.5. The van der Waals surface area contributed by atoms with Gasteiger partial charge in [-0.1, -0.05) is 17.7 Å². The number of pyridine rings is 1. The Hall–Kier alpha value is -0.950.